The number of ether oxygens (including phenoxy) is 3. The molecule has 3 aliphatic heterocycles. The molecule has 0 aliphatic carbocycles. The first-order valence-corrected chi connectivity index (χ1v) is 18.1. The summed E-state index contributed by atoms with van der Waals surface area (Å²) in [6.07, 6.45) is -1.01. The topological polar surface area (TPSA) is 147 Å². The number of carbonyl (C=O) groups excluding carboxylic acids is 2. The Labute approximate surface area is 283 Å². The van der Waals surface area contributed by atoms with Crippen LogP contribution in [-0.4, -0.2) is 99.2 Å². The molecule has 5 rings (SSSR count). The van der Waals surface area contributed by atoms with E-state index in [4.69, 9.17) is 14.2 Å². The number of aliphatic hydroxyl groups excluding tert-OH is 1. The van der Waals surface area contributed by atoms with Gasteiger partial charge in [-0.2, -0.15) is 4.31 Å². The molecule has 2 saturated heterocycles. The van der Waals surface area contributed by atoms with E-state index in [-0.39, 0.29) is 55.0 Å². The van der Waals surface area contributed by atoms with Crippen LogP contribution in [0.15, 0.2) is 59.1 Å². The van der Waals surface area contributed by atoms with E-state index in [2.05, 4.69) is 10.6 Å². The molecule has 5 atom stereocenters. The van der Waals surface area contributed by atoms with Crippen molar-refractivity contribution in [3.63, 3.8) is 0 Å². The molecular weight excluding hydrogens is 636 g/mol. The average Bonchev–Trinajstić information content (AvgIpc) is 3.75. The number of aliphatic hydroxyl groups is 1. The molecule has 13 heteroatoms. The fourth-order valence-corrected chi connectivity index (χ4v) is 8.19. The first-order chi connectivity index (χ1) is 22.9. The van der Waals surface area contributed by atoms with Gasteiger partial charge in [0.25, 0.3) is 5.91 Å². The zero-order valence-electron chi connectivity index (χ0n) is 28.3. The number of benzene rings is 2. The number of anilines is 1. The standard InChI is InChI=1S/C35H48N4O8S/c1-6-15-38(5)23(4)32-27-18-25(12-13-28(27)36-33(32)41)48(43,44)39(19-22(2)3)20-30(40)29(17-24-10-8-7-9-11-24)37-35(42)47-31-21-46-34-26(31)14-16-45-34/h7-13,18,22,26,29-31,34,40H,6,14-17,19-21H2,1-5H3,(H,36,41)(H,37,42). The summed E-state index contributed by atoms with van der Waals surface area (Å²) >= 11 is 0. The molecule has 262 valence electrons. The van der Waals surface area contributed by atoms with Crippen LogP contribution in [0.3, 0.4) is 0 Å². The van der Waals surface area contributed by atoms with Crippen LogP contribution in [0.1, 0.15) is 51.7 Å². The third kappa shape index (κ3) is 8.03. The Hall–Kier alpha value is -3.49. The predicted octanol–water partition coefficient (Wildman–Crippen LogP) is 3.82. The molecule has 0 radical (unpaired) electrons. The lowest BCUT2D eigenvalue weighted by molar-refractivity contribution is -0.110. The zero-order valence-corrected chi connectivity index (χ0v) is 29.2. The lowest BCUT2D eigenvalue weighted by Gasteiger charge is -2.31. The molecule has 2 aromatic carbocycles. The summed E-state index contributed by atoms with van der Waals surface area (Å²) in [4.78, 5) is 28.2. The first-order valence-electron chi connectivity index (χ1n) is 16.7. The molecule has 3 N–H and O–H groups in total. The fraction of sp³-hybridized carbons (Fsp3) is 0.543. The van der Waals surface area contributed by atoms with Crippen LogP contribution in [0.5, 0.6) is 0 Å². The van der Waals surface area contributed by atoms with Crippen molar-refractivity contribution >= 4 is 33.3 Å². The van der Waals surface area contributed by atoms with Crippen molar-refractivity contribution in [3.05, 3.63) is 65.4 Å². The molecule has 12 nitrogen and oxygen atoms in total. The largest absolute Gasteiger partial charge is 0.443 e. The maximum Gasteiger partial charge on any atom is 0.407 e. The van der Waals surface area contributed by atoms with Crippen molar-refractivity contribution in [2.45, 2.75) is 76.4 Å². The van der Waals surface area contributed by atoms with Crippen molar-refractivity contribution < 1.29 is 37.3 Å². The molecule has 3 heterocycles. The number of amides is 2. The normalized spacial score (nSPS) is 22.7. The minimum Gasteiger partial charge on any atom is -0.443 e. The SMILES string of the molecule is CCCN(C)C(C)=C1C(=O)Nc2ccc(S(=O)(=O)N(CC(C)C)CC(O)C(Cc3ccccc3)NC(=O)OC3COC4OCCC34)cc21. The van der Waals surface area contributed by atoms with Crippen LogP contribution < -0.4 is 10.6 Å². The Morgan fingerprint density at radius 1 is 1.15 bits per heavy atom. The van der Waals surface area contributed by atoms with Crippen LogP contribution in [-0.2, 0) is 35.4 Å². The molecule has 2 amide bonds. The van der Waals surface area contributed by atoms with Gasteiger partial charge in [-0.25, -0.2) is 13.2 Å². The maximum absolute atomic E-state index is 14.3. The van der Waals surface area contributed by atoms with E-state index in [0.29, 0.717) is 23.4 Å². The third-order valence-corrected chi connectivity index (χ3v) is 11.0. The molecule has 2 aromatic rings. The van der Waals surface area contributed by atoms with Gasteiger partial charge in [0.15, 0.2) is 6.29 Å². The maximum atomic E-state index is 14.3. The van der Waals surface area contributed by atoms with E-state index in [1.165, 1.54) is 16.4 Å². The van der Waals surface area contributed by atoms with Crippen LogP contribution in [0, 0.1) is 11.8 Å². The number of hydrogen-bond donors (Lipinski definition) is 3. The van der Waals surface area contributed by atoms with E-state index in [9.17, 15) is 23.1 Å². The number of allylic oxidation sites excluding steroid dienone is 1. The fourth-order valence-electron chi connectivity index (χ4n) is 6.54. The lowest BCUT2D eigenvalue weighted by Crippen LogP contribution is -2.51. The smallest absolute Gasteiger partial charge is 0.407 e. The molecule has 0 bridgehead atoms. The number of sulfonamides is 1. The molecule has 0 spiro atoms. The summed E-state index contributed by atoms with van der Waals surface area (Å²) < 4.78 is 46.7. The summed E-state index contributed by atoms with van der Waals surface area (Å²) in [5.74, 6) is -0.403. The Morgan fingerprint density at radius 2 is 1.90 bits per heavy atom. The minimum absolute atomic E-state index is 0.00981. The van der Waals surface area contributed by atoms with Crippen LogP contribution in [0.4, 0.5) is 10.5 Å². The van der Waals surface area contributed by atoms with Crippen molar-refractivity contribution in [3.8, 4) is 0 Å². The van der Waals surface area contributed by atoms with Crippen molar-refractivity contribution in [1.82, 2.24) is 14.5 Å². The monoisotopic (exact) mass is 684 g/mol. The number of nitrogens with one attached hydrogen (secondary N) is 2. The second kappa shape index (κ2) is 15.4. The van der Waals surface area contributed by atoms with Gasteiger partial charge < -0.3 is 34.9 Å². The lowest BCUT2D eigenvalue weighted by atomic mass is 10.0. The average molecular weight is 685 g/mol. The third-order valence-electron chi connectivity index (χ3n) is 9.14. The van der Waals surface area contributed by atoms with Gasteiger partial charge in [0, 0.05) is 43.6 Å². The van der Waals surface area contributed by atoms with Gasteiger partial charge in [-0.3, -0.25) is 4.79 Å². The summed E-state index contributed by atoms with van der Waals surface area (Å²) in [5, 5.41) is 17.3. The second-order valence-electron chi connectivity index (χ2n) is 13.2. The van der Waals surface area contributed by atoms with Gasteiger partial charge in [0.1, 0.15) is 6.10 Å². The zero-order chi connectivity index (χ0) is 34.6. The highest BCUT2D eigenvalue weighted by molar-refractivity contribution is 7.89. The summed E-state index contributed by atoms with van der Waals surface area (Å²) in [5.41, 5.74) is 3.10. The van der Waals surface area contributed by atoms with Crippen LogP contribution in [0.2, 0.25) is 0 Å². The van der Waals surface area contributed by atoms with Crippen molar-refractivity contribution in [2.75, 3.05) is 45.2 Å². The van der Waals surface area contributed by atoms with Gasteiger partial charge in [-0.1, -0.05) is 51.1 Å². The quantitative estimate of drug-likeness (QED) is 0.253. The van der Waals surface area contributed by atoms with E-state index in [0.717, 1.165) is 30.6 Å². The van der Waals surface area contributed by atoms with E-state index in [1.54, 1.807) is 6.07 Å². The molecule has 2 fully saturated rings. The molecule has 5 unspecified atom stereocenters. The Balaban J connectivity index is 1.39. The molecular formula is C35H48N4O8S. The predicted molar refractivity (Wildman–Crippen MR) is 181 cm³/mol. The van der Waals surface area contributed by atoms with Crippen molar-refractivity contribution in [1.29, 1.82) is 0 Å². The molecule has 0 aromatic heterocycles. The second-order valence-corrected chi connectivity index (χ2v) is 15.2. The number of alkyl carbamates (subject to hydrolysis) is 1. The Morgan fingerprint density at radius 3 is 2.60 bits per heavy atom. The number of nitrogens with zero attached hydrogens (tertiary/aromatic N) is 2. The number of fused-ring (bicyclic) bond motifs is 2. The van der Waals surface area contributed by atoms with Gasteiger partial charge in [-0.05, 0) is 55.9 Å². The van der Waals surface area contributed by atoms with Gasteiger partial charge in [0.05, 0.1) is 41.7 Å². The number of rotatable bonds is 14. The molecule has 3 aliphatic rings. The Bertz CT molecular complexity index is 1600. The van der Waals surface area contributed by atoms with Gasteiger partial charge in [-0.15, -0.1) is 0 Å². The number of carbonyl (C=O) groups is 2. The number of hydrogen-bond acceptors (Lipinski definition) is 9. The van der Waals surface area contributed by atoms with E-state index in [1.807, 2.05) is 70.0 Å². The van der Waals surface area contributed by atoms with Gasteiger partial charge in [0.2, 0.25) is 10.0 Å². The Kier molecular flexibility index (Phi) is 11.5. The highest BCUT2D eigenvalue weighted by Crippen LogP contribution is 2.37. The summed E-state index contributed by atoms with van der Waals surface area (Å²) in [6, 6.07) is 13.1. The van der Waals surface area contributed by atoms with Gasteiger partial charge >= 0.3 is 6.09 Å². The summed E-state index contributed by atoms with van der Waals surface area (Å²) in [7, 11) is -2.25. The van der Waals surface area contributed by atoms with E-state index < -0.39 is 34.4 Å². The summed E-state index contributed by atoms with van der Waals surface area (Å²) in [6.45, 7) is 9.05. The van der Waals surface area contributed by atoms with Crippen molar-refractivity contribution in [2.24, 2.45) is 11.8 Å². The van der Waals surface area contributed by atoms with E-state index >= 15 is 0 Å². The highest BCUT2D eigenvalue weighted by Gasteiger charge is 2.44. The van der Waals surface area contributed by atoms with Crippen LogP contribution in [0.25, 0.3) is 5.57 Å². The van der Waals surface area contributed by atoms with Crippen LogP contribution >= 0.6 is 0 Å². The molecule has 48 heavy (non-hydrogen) atoms. The highest BCUT2D eigenvalue weighted by atomic mass is 32.2. The first kappa shape index (κ1) is 35.8. The minimum atomic E-state index is -4.15. The molecule has 0 saturated carbocycles.